The molecule has 0 aliphatic heterocycles. The Morgan fingerprint density at radius 3 is 1.33 bits per heavy atom. The Hall–Kier alpha value is 0.137. The number of hydrogen-bond acceptors (Lipinski definition) is 2. The van der Waals surface area contributed by atoms with Crippen LogP contribution in [-0.4, -0.2) is 21.8 Å². The average Bonchev–Trinajstić information content (AvgIpc) is 2.17. The molecule has 0 radical (unpaired) electrons. The van der Waals surface area contributed by atoms with Crippen molar-refractivity contribution in [2.75, 3.05) is 13.2 Å². The average molecular weight is 232 g/mol. The van der Waals surface area contributed by atoms with Crippen LogP contribution in [0.2, 0.25) is 11.1 Å². The highest BCUT2D eigenvalue weighted by molar-refractivity contribution is 6.70. The zero-order chi connectivity index (χ0) is 11.9. The maximum Gasteiger partial charge on any atom is 0.343 e. The zero-order valence-corrected chi connectivity index (χ0v) is 12.3. The molecule has 0 aromatic carbocycles. The van der Waals surface area contributed by atoms with E-state index < -0.39 is 8.56 Å². The van der Waals surface area contributed by atoms with Crippen molar-refractivity contribution >= 4 is 8.56 Å². The SMILES string of the molecule is CCCO[Si](OCCC)(C(C)C)C(C)C. The molecule has 0 aromatic rings. The summed E-state index contributed by atoms with van der Waals surface area (Å²) in [6, 6.07) is 0. The van der Waals surface area contributed by atoms with Gasteiger partial charge in [0, 0.05) is 13.2 Å². The van der Waals surface area contributed by atoms with Crippen LogP contribution >= 0.6 is 0 Å². The van der Waals surface area contributed by atoms with Gasteiger partial charge in [0.2, 0.25) is 0 Å². The van der Waals surface area contributed by atoms with E-state index in [1.54, 1.807) is 0 Å². The summed E-state index contributed by atoms with van der Waals surface area (Å²) in [5.74, 6) is 0. The van der Waals surface area contributed by atoms with Gasteiger partial charge >= 0.3 is 8.56 Å². The quantitative estimate of drug-likeness (QED) is 0.587. The lowest BCUT2D eigenvalue weighted by molar-refractivity contribution is 0.153. The summed E-state index contributed by atoms with van der Waals surface area (Å²) in [6.07, 6.45) is 2.15. The molecular weight excluding hydrogens is 204 g/mol. The molecule has 0 spiro atoms. The summed E-state index contributed by atoms with van der Waals surface area (Å²) in [5, 5.41) is 0. The Labute approximate surface area is 96.6 Å². The van der Waals surface area contributed by atoms with Crippen molar-refractivity contribution in [1.82, 2.24) is 0 Å². The lowest BCUT2D eigenvalue weighted by Crippen LogP contribution is -2.48. The van der Waals surface area contributed by atoms with Gasteiger partial charge < -0.3 is 8.85 Å². The van der Waals surface area contributed by atoms with Gasteiger partial charge in [-0.05, 0) is 23.9 Å². The van der Waals surface area contributed by atoms with Crippen LogP contribution in [0, 0.1) is 0 Å². The normalized spacial score (nSPS) is 12.8. The maximum atomic E-state index is 6.12. The molecule has 0 saturated heterocycles. The fourth-order valence-electron chi connectivity index (χ4n) is 1.90. The van der Waals surface area contributed by atoms with Crippen LogP contribution in [0.4, 0.5) is 0 Å². The van der Waals surface area contributed by atoms with Gasteiger partial charge in [0.15, 0.2) is 0 Å². The largest absolute Gasteiger partial charge is 0.394 e. The Kier molecular flexibility index (Phi) is 7.48. The summed E-state index contributed by atoms with van der Waals surface area (Å²) in [4.78, 5) is 0. The minimum absolute atomic E-state index is 0.524. The van der Waals surface area contributed by atoms with Crippen molar-refractivity contribution in [3.8, 4) is 0 Å². The third-order valence-corrected chi connectivity index (χ3v) is 7.20. The van der Waals surface area contributed by atoms with Crippen LogP contribution < -0.4 is 0 Å². The molecule has 0 rings (SSSR count). The second-order valence-electron chi connectivity index (χ2n) is 4.73. The molecule has 0 bridgehead atoms. The van der Waals surface area contributed by atoms with E-state index in [1.165, 1.54) is 0 Å². The molecule has 0 heterocycles. The van der Waals surface area contributed by atoms with Gasteiger partial charge in [0.25, 0.3) is 0 Å². The van der Waals surface area contributed by atoms with Gasteiger partial charge in [-0.2, -0.15) is 0 Å². The monoisotopic (exact) mass is 232 g/mol. The third-order valence-electron chi connectivity index (χ3n) is 2.67. The molecule has 3 heteroatoms. The summed E-state index contributed by atoms with van der Waals surface area (Å²) in [5.41, 5.74) is 1.05. The van der Waals surface area contributed by atoms with Crippen LogP contribution in [0.3, 0.4) is 0 Å². The first kappa shape index (κ1) is 15.1. The van der Waals surface area contributed by atoms with Crippen LogP contribution in [0.15, 0.2) is 0 Å². The van der Waals surface area contributed by atoms with Crippen molar-refractivity contribution in [3.63, 3.8) is 0 Å². The second-order valence-corrected chi connectivity index (χ2v) is 9.06. The van der Waals surface area contributed by atoms with Crippen molar-refractivity contribution in [2.24, 2.45) is 0 Å². The van der Waals surface area contributed by atoms with Crippen LogP contribution in [0.5, 0.6) is 0 Å². The summed E-state index contributed by atoms with van der Waals surface area (Å²) >= 11 is 0. The van der Waals surface area contributed by atoms with E-state index in [9.17, 15) is 0 Å². The number of rotatable bonds is 8. The van der Waals surface area contributed by atoms with Gasteiger partial charge in [-0.1, -0.05) is 41.5 Å². The lowest BCUT2D eigenvalue weighted by Gasteiger charge is -2.37. The first-order valence-corrected chi connectivity index (χ1v) is 8.26. The topological polar surface area (TPSA) is 18.5 Å². The highest BCUT2D eigenvalue weighted by Gasteiger charge is 2.44. The molecule has 0 saturated carbocycles. The predicted octanol–water partition coefficient (Wildman–Crippen LogP) is 4.10. The minimum Gasteiger partial charge on any atom is -0.394 e. The van der Waals surface area contributed by atoms with E-state index >= 15 is 0 Å². The lowest BCUT2D eigenvalue weighted by atomic mass is 10.5. The summed E-state index contributed by atoms with van der Waals surface area (Å²) in [7, 11) is -1.99. The highest BCUT2D eigenvalue weighted by atomic mass is 28.4. The van der Waals surface area contributed by atoms with E-state index in [2.05, 4.69) is 41.5 Å². The molecule has 0 aliphatic rings. The molecule has 0 unspecified atom stereocenters. The zero-order valence-electron chi connectivity index (χ0n) is 11.3. The molecule has 92 valence electrons. The smallest absolute Gasteiger partial charge is 0.343 e. The Morgan fingerprint density at radius 1 is 0.800 bits per heavy atom. The van der Waals surface area contributed by atoms with Gasteiger partial charge in [-0.15, -0.1) is 0 Å². The van der Waals surface area contributed by atoms with E-state index in [0.29, 0.717) is 11.1 Å². The second kappa shape index (κ2) is 7.42. The Bertz CT molecular complexity index is 140. The van der Waals surface area contributed by atoms with Gasteiger partial charge in [-0.3, -0.25) is 0 Å². The first-order chi connectivity index (χ1) is 7.01. The maximum absolute atomic E-state index is 6.12. The van der Waals surface area contributed by atoms with E-state index in [-0.39, 0.29) is 0 Å². The Balaban J connectivity index is 4.57. The molecular formula is C12H28O2Si. The first-order valence-electron chi connectivity index (χ1n) is 6.29. The van der Waals surface area contributed by atoms with E-state index in [4.69, 9.17) is 8.85 Å². The van der Waals surface area contributed by atoms with E-state index in [1.807, 2.05) is 0 Å². The van der Waals surface area contributed by atoms with Crippen molar-refractivity contribution < 1.29 is 8.85 Å². The van der Waals surface area contributed by atoms with E-state index in [0.717, 1.165) is 26.1 Å². The summed E-state index contributed by atoms with van der Waals surface area (Å²) < 4.78 is 12.2. The fourth-order valence-corrected chi connectivity index (χ4v) is 5.69. The third kappa shape index (κ3) is 4.25. The Morgan fingerprint density at radius 2 is 1.13 bits per heavy atom. The van der Waals surface area contributed by atoms with Crippen LogP contribution in [-0.2, 0) is 8.85 Å². The molecule has 0 amide bonds. The molecule has 15 heavy (non-hydrogen) atoms. The molecule has 0 fully saturated rings. The highest BCUT2D eigenvalue weighted by Crippen LogP contribution is 2.34. The standard InChI is InChI=1S/C12H28O2Si/c1-7-9-13-15(11(3)4,12(5)6)14-10-8-2/h11-12H,7-10H2,1-6H3. The molecule has 0 atom stereocenters. The van der Waals surface area contributed by atoms with Gasteiger partial charge in [0.1, 0.15) is 0 Å². The predicted molar refractivity (Wildman–Crippen MR) is 68.4 cm³/mol. The number of hydrogen-bond donors (Lipinski definition) is 0. The molecule has 2 nitrogen and oxygen atoms in total. The van der Waals surface area contributed by atoms with Gasteiger partial charge in [0.05, 0.1) is 0 Å². The van der Waals surface area contributed by atoms with Gasteiger partial charge in [-0.25, -0.2) is 0 Å². The molecule has 0 aliphatic carbocycles. The molecule has 0 N–H and O–H groups in total. The van der Waals surface area contributed by atoms with Crippen LogP contribution in [0.1, 0.15) is 54.4 Å². The fraction of sp³-hybridized carbons (Fsp3) is 1.00. The van der Waals surface area contributed by atoms with Crippen LogP contribution in [0.25, 0.3) is 0 Å². The van der Waals surface area contributed by atoms with Crippen molar-refractivity contribution in [3.05, 3.63) is 0 Å². The summed E-state index contributed by atoms with van der Waals surface area (Å²) in [6.45, 7) is 14.9. The van der Waals surface area contributed by atoms with Crippen molar-refractivity contribution in [1.29, 1.82) is 0 Å². The van der Waals surface area contributed by atoms with Crippen molar-refractivity contribution in [2.45, 2.75) is 65.5 Å². The minimum atomic E-state index is -1.99. The molecule has 0 aromatic heterocycles.